The van der Waals surface area contributed by atoms with E-state index in [1.165, 1.54) is 0 Å². The summed E-state index contributed by atoms with van der Waals surface area (Å²) in [4.78, 5) is 15.7. The molecule has 1 aliphatic heterocycles. The molecule has 0 spiro atoms. The van der Waals surface area contributed by atoms with Crippen LogP contribution < -0.4 is 0 Å². The van der Waals surface area contributed by atoms with Crippen LogP contribution in [0.5, 0.6) is 0 Å². The zero-order valence-corrected chi connectivity index (χ0v) is 11.0. The molecule has 5 heteroatoms. The number of hydrogen-bond donors (Lipinski definition) is 1. The molecular weight excluding hydrogens is 264 g/mol. The third kappa shape index (κ3) is 2.12. The fourth-order valence-corrected chi connectivity index (χ4v) is 2.75. The molecule has 0 fully saturated rings. The Morgan fingerprint density at radius 3 is 2.95 bits per heavy atom. The number of imidazole rings is 1. The van der Waals surface area contributed by atoms with Gasteiger partial charge in [-0.15, -0.1) is 0 Å². The van der Waals surface area contributed by atoms with E-state index in [9.17, 15) is 9.90 Å². The smallest absolute Gasteiger partial charge is 0.314 e. The van der Waals surface area contributed by atoms with Gasteiger partial charge in [0, 0.05) is 18.3 Å². The third-order valence-electron chi connectivity index (χ3n) is 3.46. The second-order valence-corrected chi connectivity index (χ2v) is 5.10. The van der Waals surface area contributed by atoms with E-state index in [-0.39, 0.29) is 0 Å². The first kappa shape index (κ1) is 12.2. The van der Waals surface area contributed by atoms with Gasteiger partial charge >= 0.3 is 5.97 Å². The highest BCUT2D eigenvalue weighted by molar-refractivity contribution is 6.33. The molecule has 0 radical (unpaired) electrons. The first-order valence-electron chi connectivity index (χ1n) is 6.21. The summed E-state index contributed by atoms with van der Waals surface area (Å²) in [6, 6.07) is 7.46. The summed E-state index contributed by atoms with van der Waals surface area (Å²) in [5, 5.41) is 9.87. The maximum atomic E-state index is 11.3. The first-order valence-corrected chi connectivity index (χ1v) is 6.59. The van der Waals surface area contributed by atoms with Gasteiger partial charge in [-0.1, -0.05) is 29.8 Å². The fraction of sp³-hybridized carbons (Fsp3) is 0.286. The van der Waals surface area contributed by atoms with Crippen molar-refractivity contribution >= 4 is 17.6 Å². The maximum Gasteiger partial charge on any atom is 0.314 e. The second-order valence-electron chi connectivity index (χ2n) is 4.69. The van der Waals surface area contributed by atoms with Crippen LogP contribution in [0.4, 0.5) is 0 Å². The average molecular weight is 277 g/mol. The summed E-state index contributed by atoms with van der Waals surface area (Å²) in [5.41, 5.74) is 1.59. The molecule has 3 rings (SSSR count). The van der Waals surface area contributed by atoms with Crippen LogP contribution in [0.3, 0.4) is 0 Å². The molecule has 0 bridgehead atoms. The van der Waals surface area contributed by atoms with Crippen molar-refractivity contribution < 1.29 is 9.90 Å². The molecule has 2 heterocycles. The number of carboxylic acid groups (broad SMARTS) is 1. The lowest BCUT2D eigenvalue weighted by atomic mass is 9.99. The topological polar surface area (TPSA) is 55.1 Å². The van der Waals surface area contributed by atoms with Crippen molar-refractivity contribution in [2.45, 2.75) is 25.3 Å². The lowest BCUT2D eigenvalue weighted by Crippen LogP contribution is -2.21. The Labute approximate surface area is 115 Å². The van der Waals surface area contributed by atoms with Crippen LogP contribution in [0.2, 0.25) is 5.02 Å². The summed E-state index contributed by atoms with van der Waals surface area (Å²) < 4.78 is 1.93. The summed E-state index contributed by atoms with van der Waals surface area (Å²) in [7, 11) is 0. The molecule has 1 N–H and O–H groups in total. The molecular formula is C14H13ClN2O2. The number of aromatic nitrogens is 2. The standard InChI is InChI=1S/C14H13ClN2O2/c15-11-6-2-1-4-9(11)12-8-17-7-3-5-10(14(18)19)13(17)16-12/h1-2,4,6,8,10H,3,5,7H2,(H,18,19). The third-order valence-corrected chi connectivity index (χ3v) is 3.79. The number of hydrogen-bond acceptors (Lipinski definition) is 2. The van der Waals surface area contributed by atoms with Gasteiger partial charge in [0.25, 0.3) is 0 Å². The van der Waals surface area contributed by atoms with E-state index < -0.39 is 11.9 Å². The van der Waals surface area contributed by atoms with Crippen molar-refractivity contribution in [1.82, 2.24) is 9.55 Å². The molecule has 98 valence electrons. The van der Waals surface area contributed by atoms with Crippen LogP contribution >= 0.6 is 11.6 Å². The van der Waals surface area contributed by atoms with Crippen LogP contribution in [0.15, 0.2) is 30.5 Å². The Morgan fingerprint density at radius 2 is 2.21 bits per heavy atom. The van der Waals surface area contributed by atoms with Gasteiger partial charge in [0.2, 0.25) is 0 Å². The monoisotopic (exact) mass is 276 g/mol. The predicted molar refractivity (Wildman–Crippen MR) is 72.3 cm³/mol. The number of carbonyl (C=O) groups is 1. The van der Waals surface area contributed by atoms with E-state index in [0.717, 1.165) is 24.2 Å². The number of halogens is 1. The lowest BCUT2D eigenvalue weighted by Gasteiger charge is -2.19. The molecule has 0 aliphatic carbocycles. The average Bonchev–Trinajstić information content (AvgIpc) is 2.82. The van der Waals surface area contributed by atoms with E-state index in [4.69, 9.17) is 11.6 Å². The Hall–Kier alpha value is -1.81. The van der Waals surface area contributed by atoms with Gasteiger partial charge in [-0.2, -0.15) is 0 Å². The van der Waals surface area contributed by atoms with E-state index in [1.54, 1.807) is 0 Å². The molecule has 19 heavy (non-hydrogen) atoms. The zero-order chi connectivity index (χ0) is 13.4. The Bertz CT molecular complexity index is 636. The van der Waals surface area contributed by atoms with E-state index in [1.807, 2.05) is 35.0 Å². The minimum atomic E-state index is -0.808. The lowest BCUT2D eigenvalue weighted by molar-refractivity contribution is -0.139. The largest absolute Gasteiger partial charge is 0.481 e. The van der Waals surface area contributed by atoms with Gasteiger partial charge in [-0.3, -0.25) is 4.79 Å². The summed E-state index contributed by atoms with van der Waals surface area (Å²) >= 11 is 6.16. The molecule has 1 atom stereocenters. The molecule has 0 saturated carbocycles. The van der Waals surface area contributed by atoms with Gasteiger partial charge < -0.3 is 9.67 Å². The molecule has 0 amide bonds. The van der Waals surface area contributed by atoms with Gasteiger partial charge in [0.1, 0.15) is 11.7 Å². The van der Waals surface area contributed by atoms with Gasteiger partial charge in [0.05, 0.1) is 10.7 Å². The van der Waals surface area contributed by atoms with Gasteiger partial charge in [0.15, 0.2) is 0 Å². The SMILES string of the molecule is O=C(O)C1CCCn2cc(-c3ccccc3Cl)nc21. The molecule has 1 aromatic heterocycles. The predicted octanol–water partition coefficient (Wildman–Crippen LogP) is 3.17. The minimum Gasteiger partial charge on any atom is -0.481 e. The number of aliphatic carboxylic acids is 1. The molecule has 1 unspecified atom stereocenters. The highest BCUT2D eigenvalue weighted by atomic mass is 35.5. The summed E-state index contributed by atoms with van der Waals surface area (Å²) in [6.45, 7) is 0.816. The van der Waals surface area contributed by atoms with Crippen molar-refractivity contribution in [3.05, 3.63) is 41.3 Å². The summed E-state index contributed by atoms with van der Waals surface area (Å²) in [5.74, 6) is -0.684. The fourth-order valence-electron chi connectivity index (χ4n) is 2.51. The van der Waals surface area contributed by atoms with Crippen molar-refractivity contribution in [2.24, 2.45) is 0 Å². The van der Waals surface area contributed by atoms with Crippen molar-refractivity contribution in [1.29, 1.82) is 0 Å². The van der Waals surface area contributed by atoms with Gasteiger partial charge in [-0.25, -0.2) is 4.98 Å². The molecule has 1 aromatic carbocycles. The Balaban J connectivity index is 2.07. The highest BCUT2D eigenvalue weighted by Crippen LogP contribution is 2.32. The van der Waals surface area contributed by atoms with Crippen LogP contribution in [0, 0.1) is 0 Å². The summed E-state index contributed by atoms with van der Waals surface area (Å²) in [6.07, 6.45) is 3.41. The van der Waals surface area contributed by atoms with E-state index >= 15 is 0 Å². The van der Waals surface area contributed by atoms with Gasteiger partial charge in [-0.05, 0) is 18.9 Å². The number of rotatable bonds is 2. The quantitative estimate of drug-likeness (QED) is 0.917. The van der Waals surface area contributed by atoms with Crippen LogP contribution in [0.25, 0.3) is 11.3 Å². The number of aryl methyl sites for hydroxylation is 1. The van der Waals surface area contributed by atoms with Crippen LogP contribution in [-0.2, 0) is 11.3 Å². The first-order chi connectivity index (χ1) is 9.16. The molecule has 0 saturated heterocycles. The minimum absolute atomic E-state index is 0.509. The maximum absolute atomic E-state index is 11.3. The van der Waals surface area contributed by atoms with Crippen molar-refractivity contribution in [3.8, 4) is 11.3 Å². The van der Waals surface area contributed by atoms with Crippen molar-refractivity contribution in [2.75, 3.05) is 0 Å². The van der Waals surface area contributed by atoms with Crippen LogP contribution in [-0.4, -0.2) is 20.6 Å². The Morgan fingerprint density at radius 1 is 1.42 bits per heavy atom. The van der Waals surface area contributed by atoms with E-state index in [0.29, 0.717) is 17.3 Å². The molecule has 2 aromatic rings. The zero-order valence-electron chi connectivity index (χ0n) is 10.2. The number of benzene rings is 1. The normalized spacial score (nSPS) is 18.1. The van der Waals surface area contributed by atoms with Crippen LogP contribution in [0.1, 0.15) is 24.6 Å². The Kier molecular flexibility index (Phi) is 3.03. The second kappa shape index (κ2) is 4.70. The molecule has 1 aliphatic rings. The number of fused-ring (bicyclic) bond motifs is 1. The highest BCUT2D eigenvalue weighted by Gasteiger charge is 2.29. The molecule has 4 nitrogen and oxygen atoms in total. The van der Waals surface area contributed by atoms with Crippen molar-refractivity contribution in [3.63, 3.8) is 0 Å². The number of nitrogens with zero attached hydrogens (tertiary/aromatic N) is 2. The van der Waals surface area contributed by atoms with E-state index in [2.05, 4.69) is 4.98 Å². The number of carboxylic acids is 1.